The molecule has 2 aromatic carbocycles. The summed E-state index contributed by atoms with van der Waals surface area (Å²) in [4.78, 5) is 11.8. The molecule has 0 fully saturated rings. The van der Waals surface area contributed by atoms with E-state index in [-0.39, 0.29) is 37.5 Å². The first kappa shape index (κ1) is 18.9. The summed E-state index contributed by atoms with van der Waals surface area (Å²) in [6.07, 6.45) is -0.771. The van der Waals surface area contributed by atoms with Gasteiger partial charge in [-0.05, 0) is 54.8 Å². The molecule has 4 nitrogen and oxygen atoms in total. The predicted octanol–water partition coefficient (Wildman–Crippen LogP) is 2.76. The second kappa shape index (κ2) is 9.13. The number of amides is 1. The quantitative estimate of drug-likeness (QED) is 0.770. The average Bonchev–Trinajstić information content (AvgIpc) is 2.59. The van der Waals surface area contributed by atoms with Crippen LogP contribution in [0, 0.1) is 18.6 Å². The highest BCUT2D eigenvalue weighted by molar-refractivity contribution is 5.76. The van der Waals surface area contributed by atoms with Crippen molar-refractivity contribution in [2.45, 2.75) is 25.9 Å². The maximum Gasteiger partial charge on any atom is 0.220 e. The van der Waals surface area contributed by atoms with Crippen molar-refractivity contribution in [3.05, 3.63) is 65.2 Å². The lowest BCUT2D eigenvalue weighted by atomic mass is 10.1. The van der Waals surface area contributed by atoms with Crippen molar-refractivity contribution in [2.24, 2.45) is 0 Å². The standard InChI is InChI=1S/C19H21F2NO3/c1-13-3-2-4-17(9-13)25-12-16(23)11-22-19(24)8-5-14-10-15(20)6-7-18(14)21/h2-4,6-7,9-10,16,23H,5,8,11-12H2,1H3,(H,22,24). The average molecular weight is 349 g/mol. The van der Waals surface area contributed by atoms with Gasteiger partial charge >= 0.3 is 0 Å². The first-order chi connectivity index (χ1) is 11.9. The van der Waals surface area contributed by atoms with E-state index in [1.165, 1.54) is 0 Å². The minimum atomic E-state index is -0.865. The zero-order chi connectivity index (χ0) is 18.2. The van der Waals surface area contributed by atoms with E-state index in [2.05, 4.69) is 5.32 Å². The van der Waals surface area contributed by atoms with E-state index >= 15 is 0 Å². The van der Waals surface area contributed by atoms with Crippen molar-refractivity contribution in [2.75, 3.05) is 13.2 Å². The zero-order valence-electron chi connectivity index (χ0n) is 14.0. The molecule has 2 N–H and O–H groups in total. The molecular weight excluding hydrogens is 328 g/mol. The SMILES string of the molecule is Cc1cccc(OCC(O)CNC(=O)CCc2cc(F)ccc2F)c1. The summed E-state index contributed by atoms with van der Waals surface area (Å²) in [6, 6.07) is 10.6. The third-order valence-electron chi connectivity index (χ3n) is 3.60. The summed E-state index contributed by atoms with van der Waals surface area (Å²) in [6.45, 7) is 2.00. The van der Waals surface area contributed by atoms with E-state index in [0.717, 1.165) is 23.8 Å². The number of ether oxygens (including phenoxy) is 1. The fourth-order valence-corrected chi connectivity index (χ4v) is 2.26. The van der Waals surface area contributed by atoms with Crippen molar-refractivity contribution in [1.82, 2.24) is 5.32 Å². The van der Waals surface area contributed by atoms with Gasteiger partial charge in [0.05, 0.1) is 0 Å². The molecule has 6 heteroatoms. The normalized spacial score (nSPS) is 11.8. The van der Waals surface area contributed by atoms with E-state index < -0.39 is 17.7 Å². The fourth-order valence-electron chi connectivity index (χ4n) is 2.26. The lowest BCUT2D eigenvalue weighted by molar-refractivity contribution is -0.121. The lowest BCUT2D eigenvalue weighted by Gasteiger charge is -2.13. The number of aliphatic hydroxyl groups excluding tert-OH is 1. The van der Waals surface area contributed by atoms with E-state index in [9.17, 15) is 18.7 Å². The molecule has 25 heavy (non-hydrogen) atoms. The Labute approximate surface area is 145 Å². The van der Waals surface area contributed by atoms with Gasteiger partial charge in [-0.15, -0.1) is 0 Å². The van der Waals surface area contributed by atoms with E-state index in [0.29, 0.717) is 5.75 Å². The van der Waals surface area contributed by atoms with Crippen LogP contribution in [-0.2, 0) is 11.2 Å². The van der Waals surface area contributed by atoms with Gasteiger partial charge in [-0.2, -0.15) is 0 Å². The highest BCUT2D eigenvalue weighted by atomic mass is 19.1. The Morgan fingerprint density at radius 2 is 2.04 bits per heavy atom. The van der Waals surface area contributed by atoms with Crippen molar-refractivity contribution >= 4 is 5.91 Å². The molecule has 0 aromatic heterocycles. The number of carbonyl (C=O) groups is 1. The highest BCUT2D eigenvalue weighted by Gasteiger charge is 2.10. The number of hydrogen-bond acceptors (Lipinski definition) is 3. The topological polar surface area (TPSA) is 58.6 Å². The minimum Gasteiger partial charge on any atom is -0.491 e. The molecule has 1 amide bonds. The van der Waals surface area contributed by atoms with Gasteiger partial charge in [-0.25, -0.2) is 8.78 Å². The molecule has 1 unspecified atom stereocenters. The van der Waals surface area contributed by atoms with Crippen LogP contribution in [0.4, 0.5) is 8.78 Å². The molecular formula is C19H21F2NO3. The molecule has 134 valence electrons. The van der Waals surface area contributed by atoms with E-state index in [4.69, 9.17) is 4.74 Å². The van der Waals surface area contributed by atoms with Gasteiger partial charge in [0.2, 0.25) is 5.91 Å². The highest BCUT2D eigenvalue weighted by Crippen LogP contribution is 2.13. The third-order valence-corrected chi connectivity index (χ3v) is 3.60. The van der Waals surface area contributed by atoms with Crippen LogP contribution in [0.2, 0.25) is 0 Å². The van der Waals surface area contributed by atoms with Gasteiger partial charge in [0, 0.05) is 13.0 Å². The number of benzene rings is 2. The van der Waals surface area contributed by atoms with Crippen LogP contribution in [0.25, 0.3) is 0 Å². The number of aryl methyl sites for hydroxylation is 2. The van der Waals surface area contributed by atoms with Gasteiger partial charge in [0.1, 0.15) is 30.1 Å². The second-order valence-electron chi connectivity index (χ2n) is 5.82. The van der Waals surface area contributed by atoms with Crippen molar-refractivity contribution in [3.8, 4) is 5.75 Å². The Kier molecular flexibility index (Phi) is 6.89. The van der Waals surface area contributed by atoms with Gasteiger partial charge in [-0.3, -0.25) is 4.79 Å². The summed E-state index contributed by atoms with van der Waals surface area (Å²) in [5.41, 5.74) is 1.20. The van der Waals surface area contributed by atoms with Crippen molar-refractivity contribution in [1.29, 1.82) is 0 Å². The van der Waals surface area contributed by atoms with Crippen LogP contribution in [0.15, 0.2) is 42.5 Å². The Hall–Kier alpha value is -2.47. The van der Waals surface area contributed by atoms with Gasteiger partial charge in [-0.1, -0.05) is 12.1 Å². The largest absolute Gasteiger partial charge is 0.491 e. The summed E-state index contributed by atoms with van der Waals surface area (Å²) >= 11 is 0. The van der Waals surface area contributed by atoms with E-state index in [1.807, 2.05) is 25.1 Å². The van der Waals surface area contributed by atoms with Gasteiger partial charge in [0.15, 0.2) is 0 Å². The molecule has 0 radical (unpaired) electrons. The number of aliphatic hydroxyl groups is 1. The molecule has 2 aromatic rings. The summed E-state index contributed by atoms with van der Waals surface area (Å²) in [5.74, 6) is -0.786. The lowest BCUT2D eigenvalue weighted by Crippen LogP contribution is -2.35. The minimum absolute atomic E-state index is 0.00578. The second-order valence-corrected chi connectivity index (χ2v) is 5.82. The van der Waals surface area contributed by atoms with Gasteiger partial charge in [0.25, 0.3) is 0 Å². The smallest absolute Gasteiger partial charge is 0.220 e. The van der Waals surface area contributed by atoms with Crippen LogP contribution < -0.4 is 10.1 Å². The zero-order valence-corrected chi connectivity index (χ0v) is 14.0. The van der Waals surface area contributed by atoms with Crippen LogP contribution in [-0.4, -0.2) is 30.3 Å². The third kappa shape index (κ3) is 6.51. The maximum atomic E-state index is 13.5. The number of hydrogen-bond donors (Lipinski definition) is 2. The number of halogens is 2. The van der Waals surface area contributed by atoms with Gasteiger partial charge < -0.3 is 15.2 Å². The number of rotatable bonds is 8. The maximum absolute atomic E-state index is 13.5. The molecule has 2 rings (SSSR count). The van der Waals surface area contributed by atoms with E-state index in [1.54, 1.807) is 6.07 Å². The van der Waals surface area contributed by atoms with Crippen LogP contribution in [0.1, 0.15) is 17.5 Å². The van der Waals surface area contributed by atoms with Crippen LogP contribution in [0.5, 0.6) is 5.75 Å². The molecule has 0 aliphatic rings. The monoisotopic (exact) mass is 349 g/mol. The number of carbonyl (C=O) groups excluding carboxylic acids is 1. The summed E-state index contributed by atoms with van der Waals surface area (Å²) < 4.78 is 32.0. The molecule has 0 saturated heterocycles. The predicted molar refractivity (Wildman–Crippen MR) is 90.4 cm³/mol. The Morgan fingerprint density at radius 3 is 2.80 bits per heavy atom. The Morgan fingerprint density at radius 1 is 1.24 bits per heavy atom. The van der Waals surface area contributed by atoms with Crippen molar-refractivity contribution in [3.63, 3.8) is 0 Å². The molecule has 0 bridgehead atoms. The molecule has 1 atom stereocenters. The van der Waals surface area contributed by atoms with Crippen LogP contribution >= 0.6 is 0 Å². The Bertz CT molecular complexity index is 722. The number of nitrogens with one attached hydrogen (secondary N) is 1. The van der Waals surface area contributed by atoms with Crippen LogP contribution in [0.3, 0.4) is 0 Å². The Balaban J connectivity index is 1.69. The molecule has 0 heterocycles. The van der Waals surface area contributed by atoms with Crippen molar-refractivity contribution < 1.29 is 23.4 Å². The molecule has 0 saturated carbocycles. The first-order valence-corrected chi connectivity index (χ1v) is 8.02. The molecule has 0 aliphatic heterocycles. The molecule has 0 aliphatic carbocycles. The summed E-state index contributed by atoms with van der Waals surface area (Å²) in [7, 11) is 0. The first-order valence-electron chi connectivity index (χ1n) is 8.02. The summed E-state index contributed by atoms with van der Waals surface area (Å²) in [5, 5.41) is 12.4. The fraction of sp³-hybridized carbons (Fsp3) is 0.316. The molecule has 0 spiro atoms.